The highest BCUT2D eigenvalue weighted by molar-refractivity contribution is 7.80. The SMILES string of the molecule is COc1ccc([C@@H](CC(C)C)NC(=S)Nc2ccc(F)cc2)cc1. The summed E-state index contributed by atoms with van der Waals surface area (Å²) in [6.45, 7) is 4.35. The fraction of sp³-hybridized carbons (Fsp3) is 0.316. The second kappa shape index (κ2) is 8.64. The molecule has 0 spiro atoms. The molecule has 0 fully saturated rings. The van der Waals surface area contributed by atoms with Gasteiger partial charge in [0.05, 0.1) is 13.2 Å². The van der Waals surface area contributed by atoms with Gasteiger partial charge in [0.25, 0.3) is 0 Å². The summed E-state index contributed by atoms with van der Waals surface area (Å²) in [5.74, 6) is 1.07. The van der Waals surface area contributed by atoms with Crippen LogP contribution in [0.25, 0.3) is 0 Å². The third-order valence-corrected chi connectivity index (χ3v) is 3.85. The first-order valence-corrected chi connectivity index (χ1v) is 8.36. The van der Waals surface area contributed by atoms with Crippen LogP contribution in [-0.2, 0) is 0 Å². The number of thiocarbonyl (C=S) groups is 1. The summed E-state index contributed by atoms with van der Waals surface area (Å²) < 4.78 is 18.2. The standard InChI is InChI=1S/C19H23FN2OS/c1-13(2)12-18(14-4-10-17(23-3)11-5-14)22-19(24)21-16-8-6-15(20)7-9-16/h4-11,13,18H,12H2,1-3H3,(H2,21,22,24)/t18-/m1/s1. The van der Waals surface area contributed by atoms with E-state index in [1.807, 2.05) is 24.3 Å². The normalized spacial score (nSPS) is 11.9. The molecular weight excluding hydrogens is 323 g/mol. The predicted molar refractivity (Wildman–Crippen MR) is 101 cm³/mol. The lowest BCUT2D eigenvalue weighted by atomic mass is 9.97. The third-order valence-electron chi connectivity index (χ3n) is 3.63. The highest BCUT2D eigenvalue weighted by atomic mass is 32.1. The Labute approximate surface area is 148 Å². The van der Waals surface area contributed by atoms with Gasteiger partial charge in [0.2, 0.25) is 0 Å². The first kappa shape index (κ1) is 18.2. The van der Waals surface area contributed by atoms with Gasteiger partial charge in [-0.05, 0) is 66.5 Å². The van der Waals surface area contributed by atoms with Gasteiger partial charge < -0.3 is 15.4 Å². The van der Waals surface area contributed by atoms with Crippen LogP contribution in [0, 0.1) is 11.7 Å². The summed E-state index contributed by atoms with van der Waals surface area (Å²) in [7, 11) is 1.65. The topological polar surface area (TPSA) is 33.3 Å². The Kier molecular flexibility index (Phi) is 6.55. The molecule has 0 amide bonds. The van der Waals surface area contributed by atoms with Crippen LogP contribution < -0.4 is 15.4 Å². The van der Waals surface area contributed by atoms with Gasteiger partial charge in [0, 0.05) is 5.69 Å². The zero-order valence-corrected chi connectivity index (χ0v) is 15.0. The van der Waals surface area contributed by atoms with Crippen molar-refractivity contribution in [1.82, 2.24) is 5.32 Å². The first-order chi connectivity index (χ1) is 11.5. The molecule has 2 rings (SSSR count). The van der Waals surface area contributed by atoms with Gasteiger partial charge in [-0.3, -0.25) is 0 Å². The summed E-state index contributed by atoms with van der Waals surface area (Å²) in [6, 6.07) is 14.2. The monoisotopic (exact) mass is 346 g/mol. The molecule has 2 N–H and O–H groups in total. The Balaban J connectivity index is 2.06. The molecule has 0 heterocycles. The second-order valence-electron chi connectivity index (χ2n) is 6.06. The highest BCUT2D eigenvalue weighted by Gasteiger charge is 2.15. The zero-order valence-electron chi connectivity index (χ0n) is 14.2. The van der Waals surface area contributed by atoms with Crippen molar-refractivity contribution in [1.29, 1.82) is 0 Å². The van der Waals surface area contributed by atoms with E-state index in [1.165, 1.54) is 12.1 Å². The molecule has 2 aromatic rings. The van der Waals surface area contributed by atoms with E-state index in [0.29, 0.717) is 11.0 Å². The van der Waals surface area contributed by atoms with Crippen molar-refractivity contribution in [2.45, 2.75) is 26.3 Å². The van der Waals surface area contributed by atoms with Crippen molar-refractivity contribution in [2.75, 3.05) is 12.4 Å². The van der Waals surface area contributed by atoms with Crippen LogP contribution in [0.2, 0.25) is 0 Å². The van der Waals surface area contributed by atoms with Gasteiger partial charge in [0.1, 0.15) is 11.6 Å². The van der Waals surface area contributed by atoms with E-state index in [-0.39, 0.29) is 11.9 Å². The van der Waals surface area contributed by atoms with Crippen LogP contribution in [0.15, 0.2) is 48.5 Å². The van der Waals surface area contributed by atoms with Crippen LogP contribution in [0.5, 0.6) is 5.75 Å². The molecular formula is C19H23FN2OS. The molecule has 0 radical (unpaired) electrons. The molecule has 24 heavy (non-hydrogen) atoms. The van der Waals surface area contributed by atoms with Crippen molar-refractivity contribution in [3.05, 3.63) is 59.9 Å². The minimum absolute atomic E-state index is 0.0938. The van der Waals surface area contributed by atoms with E-state index in [2.05, 4.69) is 24.5 Å². The molecule has 2 aromatic carbocycles. The van der Waals surface area contributed by atoms with Crippen LogP contribution in [0.4, 0.5) is 10.1 Å². The molecule has 0 saturated carbocycles. The summed E-state index contributed by atoms with van der Waals surface area (Å²) in [5.41, 5.74) is 1.90. The fourth-order valence-corrected chi connectivity index (χ4v) is 2.70. The van der Waals surface area contributed by atoms with Crippen LogP contribution in [0.1, 0.15) is 31.9 Å². The van der Waals surface area contributed by atoms with Gasteiger partial charge in [0.15, 0.2) is 5.11 Å². The van der Waals surface area contributed by atoms with Crippen molar-refractivity contribution < 1.29 is 9.13 Å². The minimum Gasteiger partial charge on any atom is -0.497 e. The molecule has 0 aliphatic heterocycles. The molecule has 5 heteroatoms. The van der Waals surface area contributed by atoms with Crippen LogP contribution >= 0.6 is 12.2 Å². The quantitative estimate of drug-likeness (QED) is 0.728. The highest BCUT2D eigenvalue weighted by Crippen LogP contribution is 2.23. The average molecular weight is 346 g/mol. The van der Waals surface area contributed by atoms with Crippen molar-refractivity contribution in [3.8, 4) is 5.75 Å². The molecule has 1 atom stereocenters. The van der Waals surface area contributed by atoms with E-state index in [9.17, 15) is 4.39 Å². The number of nitrogens with one attached hydrogen (secondary N) is 2. The molecule has 128 valence electrons. The second-order valence-corrected chi connectivity index (χ2v) is 6.47. The van der Waals surface area contributed by atoms with Gasteiger partial charge >= 0.3 is 0 Å². The van der Waals surface area contributed by atoms with E-state index in [4.69, 9.17) is 17.0 Å². The van der Waals surface area contributed by atoms with Crippen LogP contribution in [-0.4, -0.2) is 12.2 Å². The summed E-state index contributed by atoms with van der Waals surface area (Å²) in [6.07, 6.45) is 0.942. The largest absolute Gasteiger partial charge is 0.497 e. The maximum absolute atomic E-state index is 13.0. The maximum atomic E-state index is 13.0. The Morgan fingerprint density at radius 3 is 2.25 bits per heavy atom. The summed E-state index contributed by atoms with van der Waals surface area (Å²) in [4.78, 5) is 0. The Morgan fingerprint density at radius 2 is 1.71 bits per heavy atom. The van der Waals surface area contributed by atoms with Crippen molar-refractivity contribution >= 4 is 23.0 Å². The van der Waals surface area contributed by atoms with Gasteiger partial charge in [-0.1, -0.05) is 26.0 Å². The number of rotatable bonds is 6. The number of anilines is 1. The molecule has 0 aliphatic carbocycles. The predicted octanol–water partition coefficient (Wildman–Crippen LogP) is 4.91. The van der Waals surface area contributed by atoms with E-state index >= 15 is 0 Å². The number of ether oxygens (including phenoxy) is 1. The average Bonchev–Trinajstić information content (AvgIpc) is 2.56. The number of halogens is 1. The van der Waals surface area contributed by atoms with Gasteiger partial charge in [-0.25, -0.2) is 4.39 Å². The molecule has 0 aliphatic rings. The lowest BCUT2D eigenvalue weighted by molar-refractivity contribution is 0.414. The number of hydrogen-bond acceptors (Lipinski definition) is 2. The molecule has 0 bridgehead atoms. The van der Waals surface area contributed by atoms with E-state index < -0.39 is 0 Å². The molecule has 3 nitrogen and oxygen atoms in total. The van der Waals surface area contributed by atoms with Crippen molar-refractivity contribution in [2.24, 2.45) is 5.92 Å². The molecule has 0 unspecified atom stereocenters. The summed E-state index contributed by atoms with van der Waals surface area (Å²) in [5, 5.41) is 6.96. The Morgan fingerprint density at radius 1 is 1.08 bits per heavy atom. The zero-order chi connectivity index (χ0) is 17.5. The molecule has 0 aromatic heterocycles. The molecule has 0 saturated heterocycles. The third kappa shape index (κ3) is 5.49. The first-order valence-electron chi connectivity index (χ1n) is 7.95. The van der Waals surface area contributed by atoms with Gasteiger partial charge in [-0.2, -0.15) is 0 Å². The number of benzene rings is 2. The Hall–Kier alpha value is -2.14. The Bertz CT molecular complexity index is 656. The van der Waals surface area contributed by atoms with E-state index in [1.54, 1.807) is 19.2 Å². The number of hydrogen-bond donors (Lipinski definition) is 2. The number of methoxy groups -OCH3 is 1. The minimum atomic E-state index is -0.268. The van der Waals surface area contributed by atoms with Crippen molar-refractivity contribution in [3.63, 3.8) is 0 Å². The lowest BCUT2D eigenvalue weighted by Crippen LogP contribution is -2.33. The smallest absolute Gasteiger partial charge is 0.171 e. The lowest BCUT2D eigenvalue weighted by Gasteiger charge is -2.23. The maximum Gasteiger partial charge on any atom is 0.171 e. The van der Waals surface area contributed by atoms with Gasteiger partial charge in [-0.15, -0.1) is 0 Å². The van der Waals surface area contributed by atoms with Crippen LogP contribution in [0.3, 0.4) is 0 Å². The fourth-order valence-electron chi connectivity index (χ4n) is 2.44. The summed E-state index contributed by atoms with van der Waals surface area (Å²) >= 11 is 5.41. The van der Waals surface area contributed by atoms with E-state index in [0.717, 1.165) is 23.4 Å².